The Balaban J connectivity index is 3.45. The highest BCUT2D eigenvalue weighted by Crippen LogP contribution is 2.04. The molecule has 0 N–H and O–H groups in total. The second-order valence-electron chi connectivity index (χ2n) is 1.42. The molecule has 0 aliphatic rings. The predicted molar refractivity (Wildman–Crippen MR) is 36.6 cm³/mol. The van der Waals surface area contributed by atoms with Crippen LogP contribution in [-0.2, 0) is 0 Å². The third kappa shape index (κ3) is 6.18. The Bertz CT molecular complexity index is 75.8. The van der Waals surface area contributed by atoms with Crippen molar-refractivity contribution in [2.24, 2.45) is 0 Å². The predicted octanol–water partition coefficient (Wildman–Crippen LogP) is 1.52. The molecule has 0 radical (unpaired) electrons. The second kappa shape index (κ2) is 3.22. The Kier molecular flexibility index (Phi) is 3.30. The first-order chi connectivity index (χ1) is 3.13. The summed E-state index contributed by atoms with van der Waals surface area (Å²) in [6.07, 6.45) is 1.71. The van der Waals surface area contributed by atoms with Gasteiger partial charge in [0.2, 0.25) is 0 Å². The van der Waals surface area contributed by atoms with Gasteiger partial charge < -0.3 is 4.90 Å². The average Bonchev–Trinajstić information content (AvgIpc) is 1.27. The van der Waals surface area contributed by atoms with E-state index in [-0.39, 0.29) is 0 Å². The van der Waals surface area contributed by atoms with Crippen LogP contribution in [0, 0.1) is 0 Å². The van der Waals surface area contributed by atoms with E-state index in [0.717, 1.165) is 0 Å². The summed E-state index contributed by atoms with van der Waals surface area (Å²) >= 11 is 9.18. The lowest BCUT2D eigenvalue weighted by Gasteiger charge is -2.01. The minimum atomic E-state index is 0.505. The van der Waals surface area contributed by atoms with Crippen molar-refractivity contribution in [1.29, 1.82) is 0 Å². The standard InChI is InChI=1S/C4H8ClNS/c1-6(2)3-4(5)7/h3,7H,1-2H3/b4-3-. The summed E-state index contributed by atoms with van der Waals surface area (Å²) in [6, 6.07) is 0. The van der Waals surface area contributed by atoms with Gasteiger partial charge in [-0.05, 0) is 0 Å². The van der Waals surface area contributed by atoms with Gasteiger partial charge in [0.25, 0.3) is 0 Å². The molecule has 0 aromatic rings. The van der Waals surface area contributed by atoms with Gasteiger partial charge in [-0.3, -0.25) is 0 Å². The molecule has 0 unspecified atom stereocenters. The van der Waals surface area contributed by atoms with Crippen LogP contribution in [0.15, 0.2) is 10.6 Å². The van der Waals surface area contributed by atoms with Crippen molar-refractivity contribution in [1.82, 2.24) is 4.90 Å². The molecule has 0 fully saturated rings. The number of hydrogen-bond donors (Lipinski definition) is 1. The highest BCUT2D eigenvalue weighted by Gasteiger charge is 1.78. The Hall–Kier alpha value is 0.180. The molecule has 0 amide bonds. The molecule has 3 heteroatoms. The van der Waals surface area contributed by atoms with E-state index in [9.17, 15) is 0 Å². The molecule has 0 spiro atoms. The zero-order chi connectivity index (χ0) is 5.86. The Morgan fingerprint density at radius 2 is 2.14 bits per heavy atom. The van der Waals surface area contributed by atoms with E-state index in [1.807, 2.05) is 19.0 Å². The molecule has 0 heterocycles. The van der Waals surface area contributed by atoms with Crippen molar-refractivity contribution >= 4 is 24.2 Å². The van der Waals surface area contributed by atoms with Crippen molar-refractivity contribution in [2.45, 2.75) is 0 Å². The Morgan fingerprint density at radius 3 is 2.14 bits per heavy atom. The highest BCUT2D eigenvalue weighted by atomic mass is 35.5. The molecule has 42 valence electrons. The van der Waals surface area contributed by atoms with E-state index in [1.54, 1.807) is 6.20 Å². The van der Waals surface area contributed by atoms with Crippen LogP contribution < -0.4 is 0 Å². The van der Waals surface area contributed by atoms with Crippen molar-refractivity contribution in [3.63, 3.8) is 0 Å². The molecular weight excluding hydrogens is 130 g/mol. The molecule has 0 saturated carbocycles. The number of halogens is 1. The third-order valence-corrected chi connectivity index (χ3v) is 0.578. The first kappa shape index (κ1) is 7.18. The Morgan fingerprint density at radius 1 is 1.71 bits per heavy atom. The summed E-state index contributed by atoms with van der Waals surface area (Å²) in [6.45, 7) is 0. The maximum absolute atomic E-state index is 5.36. The van der Waals surface area contributed by atoms with Crippen LogP contribution in [0.3, 0.4) is 0 Å². The zero-order valence-electron chi connectivity index (χ0n) is 4.35. The summed E-state index contributed by atoms with van der Waals surface area (Å²) in [5.74, 6) is 0. The van der Waals surface area contributed by atoms with Gasteiger partial charge in [-0.1, -0.05) is 11.6 Å². The van der Waals surface area contributed by atoms with E-state index in [4.69, 9.17) is 11.6 Å². The molecule has 0 aromatic heterocycles. The van der Waals surface area contributed by atoms with Gasteiger partial charge >= 0.3 is 0 Å². The maximum Gasteiger partial charge on any atom is 0.0863 e. The molecule has 1 nitrogen and oxygen atoms in total. The average molecular weight is 138 g/mol. The van der Waals surface area contributed by atoms with Crippen molar-refractivity contribution < 1.29 is 0 Å². The van der Waals surface area contributed by atoms with Crippen LogP contribution >= 0.6 is 24.2 Å². The topological polar surface area (TPSA) is 3.24 Å². The molecule has 0 bridgehead atoms. The van der Waals surface area contributed by atoms with E-state index in [1.165, 1.54) is 0 Å². The summed E-state index contributed by atoms with van der Waals surface area (Å²) in [7, 11) is 3.78. The number of thiol groups is 1. The number of nitrogens with zero attached hydrogens (tertiary/aromatic N) is 1. The summed E-state index contributed by atoms with van der Waals surface area (Å²) in [5, 5.41) is 0. The normalized spacial score (nSPS) is 11.7. The molecule has 7 heavy (non-hydrogen) atoms. The first-order valence-electron chi connectivity index (χ1n) is 1.85. The van der Waals surface area contributed by atoms with Crippen molar-refractivity contribution in [3.05, 3.63) is 10.6 Å². The smallest absolute Gasteiger partial charge is 0.0863 e. The van der Waals surface area contributed by atoms with E-state index in [2.05, 4.69) is 12.6 Å². The quantitative estimate of drug-likeness (QED) is 0.537. The van der Waals surface area contributed by atoms with Crippen LogP contribution in [0.1, 0.15) is 0 Å². The molecule has 0 atom stereocenters. The van der Waals surface area contributed by atoms with Gasteiger partial charge in [-0.25, -0.2) is 0 Å². The lowest BCUT2D eigenvalue weighted by atomic mass is 10.9. The van der Waals surface area contributed by atoms with Gasteiger partial charge in [0.05, 0.1) is 4.36 Å². The molecule has 0 aromatic carbocycles. The zero-order valence-corrected chi connectivity index (χ0v) is 6.00. The summed E-state index contributed by atoms with van der Waals surface area (Å²) in [5.41, 5.74) is 0. The fourth-order valence-corrected chi connectivity index (χ4v) is 0.639. The summed E-state index contributed by atoms with van der Waals surface area (Å²) < 4.78 is 0.505. The lowest BCUT2D eigenvalue weighted by molar-refractivity contribution is 0.564. The van der Waals surface area contributed by atoms with Crippen LogP contribution in [0.2, 0.25) is 0 Å². The summed E-state index contributed by atoms with van der Waals surface area (Å²) in [4.78, 5) is 1.83. The molecular formula is C4H8ClNS. The SMILES string of the molecule is CN(C)/C=C(\S)Cl. The minimum absolute atomic E-state index is 0.505. The fraction of sp³-hybridized carbons (Fsp3) is 0.500. The van der Waals surface area contributed by atoms with Crippen LogP contribution in [0.4, 0.5) is 0 Å². The van der Waals surface area contributed by atoms with Gasteiger partial charge in [0.15, 0.2) is 0 Å². The maximum atomic E-state index is 5.36. The molecule has 0 saturated heterocycles. The Labute approximate surface area is 54.4 Å². The molecule has 0 rings (SSSR count). The third-order valence-electron chi connectivity index (χ3n) is 0.365. The first-order valence-corrected chi connectivity index (χ1v) is 2.68. The highest BCUT2D eigenvalue weighted by molar-refractivity contribution is 7.86. The second-order valence-corrected chi connectivity index (χ2v) is 2.57. The van der Waals surface area contributed by atoms with Crippen molar-refractivity contribution in [3.8, 4) is 0 Å². The van der Waals surface area contributed by atoms with Gasteiger partial charge in [0, 0.05) is 20.3 Å². The van der Waals surface area contributed by atoms with Crippen LogP contribution in [0.25, 0.3) is 0 Å². The molecule has 0 aliphatic heterocycles. The lowest BCUT2D eigenvalue weighted by Crippen LogP contribution is -1.99. The number of rotatable bonds is 1. The molecule has 0 aliphatic carbocycles. The number of hydrogen-bond acceptors (Lipinski definition) is 2. The monoisotopic (exact) mass is 137 g/mol. The van der Waals surface area contributed by atoms with Gasteiger partial charge in [-0.2, -0.15) is 0 Å². The van der Waals surface area contributed by atoms with Gasteiger partial charge in [-0.15, -0.1) is 12.6 Å². The van der Waals surface area contributed by atoms with E-state index < -0.39 is 0 Å². The minimum Gasteiger partial charge on any atom is -0.382 e. The van der Waals surface area contributed by atoms with Crippen LogP contribution in [0.5, 0.6) is 0 Å². The van der Waals surface area contributed by atoms with Gasteiger partial charge in [0.1, 0.15) is 0 Å². The fourth-order valence-electron chi connectivity index (χ4n) is 0.213. The largest absolute Gasteiger partial charge is 0.382 e. The van der Waals surface area contributed by atoms with Crippen molar-refractivity contribution in [2.75, 3.05) is 14.1 Å². The van der Waals surface area contributed by atoms with E-state index >= 15 is 0 Å². The van der Waals surface area contributed by atoms with Crippen LogP contribution in [-0.4, -0.2) is 19.0 Å². The van der Waals surface area contributed by atoms with E-state index in [0.29, 0.717) is 4.36 Å².